The van der Waals surface area contributed by atoms with E-state index in [2.05, 4.69) is 24.5 Å². The molecule has 1 aromatic rings. The number of ether oxygens (including phenoxy) is 1. The zero-order chi connectivity index (χ0) is 18.8. The average molecular weight is 377 g/mol. The van der Waals surface area contributed by atoms with Gasteiger partial charge in [-0.1, -0.05) is 37.6 Å². The first-order chi connectivity index (χ1) is 12.3. The summed E-state index contributed by atoms with van der Waals surface area (Å²) in [6.07, 6.45) is 2.75. The largest absolute Gasteiger partial charge is 0.459 e. The van der Waals surface area contributed by atoms with Gasteiger partial charge in [0.25, 0.3) is 0 Å². The zero-order valence-electron chi connectivity index (χ0n) is 15.3. The van der Waals surface area contributed by atoms with Crippen LogP contribution in [0.3, 0.4) is 0 Å². The normalized spacial score (nSPS) is 29.0. The molecule has 0 radical (unpaired) electrons. The molecule has 1 heterocycles. The van der Waals surface area contributed by atoms with Crippen LogP contribution in [0.15, 0.2) is 35.5 Å². The van der Waals surface area contributed by atoms with Crippen LogP contribution in [0.2, 0.25) is 5.02 Å². The molecule has 1 aromatic carbocycles. The molecule has 1 aliphatic carbocycles. The Hall–Kier alpha value is -2.01. The molecule has 26 heavy (non-hydrogen) atoms. The van der Waals surface area contributed by atoms with Gasteiger partial charge in [-0.3, -0.25) is 0 Å². The fraction of sp³-hybridized carbons (Fsp3) is 0.500. The van der Waals surface area contributed by atoms with Crippen LogP contribution in [0.5, 0.6) is 0 Å². The summed E-state index contributed by atoms with van der Waals surface area (Å²) in [5.41, 5.74) is 1.76. The second kappa shape index (κ2) is 7.70. The third-order valence-corrected chi connectivity index (χ3v) is 5.77. The van der Waals surface area contributed by atoms with Crippen LogP contribution >= 0.6 is 11.6 Å². The Balaban J connectivity index is 1.82. The lowest BCUT2D eigenvalue weighted by Crippen LogP contribution is -2.45. The van der Waals surface area contributed by atoms with Crippen LogP contribution < -0.4 is 10.6 Å². The van der Waals surface area contributed by atoms with E-state index in [0.29, 0.717) is 28.1 Å². The summed E-state index contributed by atoms with van der Waals surface area (Å²) in [6.45, 7) is 6.17. The summed E-state index contributed by atoms with van der Waals surface area (Å²) in [5, 5.41) is 6.09. The fourth-order valence-electron chi connectivity index (χ4n) is 3.69. The number of rotatable bonds is 3. The van der Waals surface area contributed by atoms with Gasteiger partial charge >= 0.3 is 12.0 Å². The lowest BCUT2D eigenvalue weighted by molar-refractivity contribution is -0.147. The third-order valence-electron chi connectivity index (χ3n) is 5.52. The van der Waals surface area contributed by atoms with Crippen molar-refractivity contribution < 1.29 is 14.3 Å². The van der Waals surface area contributed by atoms with E-state index in [4.69, 9.17) is 16.3 Å². The van der Waals surface area contributed by atoms with E-state index >= 15 is 0 Å². The van der Waals surface area contributed by atoms with E-state index in [0.717, 1.165) is 24.8 Å². The summed E-state index contributed by atoms with van der Waals surface area (Å²) in [7, 11) is 0. The number of halogens is 1. The van der Waals surface area contributed by atoms with Gasteiger partial charge in [0.15, 0.2) is 0 Å². The molecule has 3 rings (SSSR count). The maximum atomic E-state index is 12.9. The molecule has 0 aromatic heterocycles. The quantitative estimate of drug-likeness (QED) is 0.771. The summed E-state index contributed by atoms with van der Waals surface area (Å²) in [5.74, 6) is 0.818. The second-order valence-corrected chi connectivity index (χ2v) is 7.85. The second-order valence-electron chi connectivity index (χ2n) is 7.42. The minimum Gasteiger partial charge on any atom is -0.459 e. The lowest BCUT2D eigenvalue weighted by Gasteiger charge is -2.33. The van der Waals surface area contributed by atoms with Crippen LogP contribution in [0, 0.1) is 11.8 Å². The van der Waals surface area contributed by atoms with Crippen molar-refractivity contribution >= 4 is 23.6 Å². The van der Waals surface area contributed by atoms with Crippen LogP contribution in [-0.2, 0) is 9.53 Å². The molecule has 140 valence electrons. The van der Waals surface area contributed by atoms with Crippen LogP contribution in [-0.4, -0.2) is 18.1 Å². The van der Waals surface area contributed by atoms with Crippen molar-refractivity contribution in [1.29, 1.82) is 0 Å². The van der Waals surface area contributed by atoms with Crippen LogP contribution in [0.25, 0.3) is 0 Å². The van der Waals surface area contributed by atoms with Crippen LogP contribution in [0.1, 0.15) is 51.6 Å². The lowest BCUT2D eigenvalue weighted by atomic mass is 9.80. The van der Waals surface area contributed by atoms with E-state index in [1.165, 1.54) is 0 Å². The molecular weight excluding hydrogens is 352 g/mol. The molecule has 0 bridgehead atoms. The molecule has 0 spiro atoms. The number of urea groups is 1. The minimum absolute atomic E-state index is 0.0718. The number of benzene rings is 1. The number of carbonyl (C=O) groups is 2. The maximum absolute atomic E-state index is 12.9. The maximum Gasteiger partial charge on any atom is 0.338 e. The van der Waals surface area contributed by atoms with E-state index in [1.54, 1.807) is 19.1 Å². The Morgan fingerprint density at radius 1 is 1.15 bits per heavy atom. The first-order valence-electron chi connectivity index (χ1n) is 9.10. The zero-order valence-corrected chi connectivity index (χ0v) is 16.1. The van der Waals surface area contributed by atoms with E-state index < -0.39 is 6.04 Å². The van der Waals surface area contributed by atoms with Gasteiger partial charge in [0.1, 0.15) is 6.10 Å². The molecule has 0 saturated heterocycles. The van der Waals surface area contributed by atoms with Gasteiger partial charge in [-0.15, -0.1) is 0 Å². The van der Waals surface area contributed by atoms with Gasteiger partial charge in [-0.25, -0.2) is 9.59 Å². The SMILES string of the molecule is CC1=C(C(=O)O[C@@H]2CC[C@H](C)[C@H](C)C2)[C@@H](c2ccc(Cl)cc2)NC(=O)N1. The number of esters is 1. The van der Waals surface area contributed by atoms with Crippen molar-refractivity contribution in [3.8, 4) is 0 Å². The average Bonchev–Trinajstić information content (AvgIpc) is 2.58. The van der Waals surface area contributed by atoms with Gasteiger partial charge in [0, 0.05) is 10.7 Å². The number of hydrogen-bond donors (Lipinski definition) is 2. The summed E-state index contributed by atoms with van der Waals surface area (Å²) >= 11 is 5.96. The van der Waals surface area contributed by atoms with Gasteiger partial charge in [-0.2, -0.15) is 0 Å². The summed E-state index contributed by atoms with van der Waals surface area (Å²) in [6, 6.07) is 6.22. The van der Waals surface area contributed by atoms with Crippen molar-refractivity contribution in [1.82, 2.24) is 10.6 Å². The van der Waals surface area contributed by atoms with E-state index in [9.17, 15) is 9.59 Å². The Morgan fingerprint density at radius 3 is 2.50 bits per heavy atom. The van der Waals surface area contributed by atoms with E-state index in [-0.39, 0.29) is 18.1 Å². The summed E-state index contributed by atoms with van der Waals surface area (Å²) < 4.78 is 5.82. The number of amides is 2. The first-order valence-corrected chi connectivity index (χ1v) is 9.47. The minimum atomic E-state index is -0.548. The topological polar surface area (TPSA) is 67.4 Å². The predicted octanol–water partition coefficient (Wildman–Crippen LogP) is 4.34. The molecular formula is C20H25ClN2O3. The number of allylic oxidation sites excluding steroid dienone is 1. The van der Waals surface area contributed by atoms with Crippen molar-refractivity contribution in [2.45, 2.75) is 52.2 Å². The highest BCUT2D eigenvalue weighted by Crippen LogP contribution is 2.33. The number of nitrogens with one attached hydrogen (secondary N) is 2. The van der Waals surface area contributed by atoms with Gasteiger partial charge < -0.3 is 15.4 Å². The Morgan fingerprint density at radius 2 is 1.85 bits per heavy atom. The fourth-order valence-corrected chi connectivity index (χ4v) is 3.82. The molecule has 2 N–H and O–H groups in total. The van der Waals surface area contributed by atoms with Crippen molar-refractivity contribution in [2.75, 3.05) is 0 Å². The highest BCUT2D eigenvalue weighted by Gasteiger charge is 2.34. The van der Waals surface area contributed by atoms with Gasteiger partial charge in [0.05, 0.1) is 11.6 Å². The molecule has 1 saturated carbocycles. The molecule has 2 aliphatic rings. The molecule has 0 unspecified atom stereocenters. The van der Waals surface area contributed by atoms with Gasteiger partial charge in [-0.05, 0) is 55.7 Å². The third kappa shape index (κ3) is 4.04. The highest BCUT2D eigenvalue weighted by atomic mass is 35.5. The smallest absolute Gasteiger partial charge is 0.338 e. The Bertz CT molecular complexity index is 729. The van der Waals surface area contributed by atoms with Crippen molar-refractivity contribution in [3.63, 3.8) is 0 Å². The summed E-state index contributed by atoms with van der Waals surface area (Å²) in [4.78, 5) is 24.9. The number of carbonyl (C=O) groups excluding carboxylic acids is 2. The van der Waals surface area contributed by atoms with Crippen LogP contribution in [0.4, 0.5) is 4.79 Å². The Kier molecular flexibility index (Phi) is 5.56. The van der Waals surface area contributed by atoms with Crippen molar-refractivity contribution in [2.24, 2.45) is 11.8 Å². The molecule has 1 aliphatic heterocycles. The Labute approximate surface area is 159 Å². The van der Waals surface area contributed by atoms with E-state index in [1.807, 2.05) is 12.1 Å². The number of hydrogen-bond acceptors (Lipinski definition) is 3. The molecule has 6 heteroatoms. The molecule has 5 nitrogen and oxygen atoms in total. The predicted molar refractivity (Wildman–Crippen MR) is 101 cm³/mol. The molecule has 4 atom stereocenters. The highest BCUT2D eigenvalue weighted by molar-refractivity contribution is 6.30. The molecule has 1 fully saturated rings. The standard InChI is InChI=1S/C20H25ClN2O3/c1-11-4-9-16(10-12(11)2)26-19(24)17-13(3)22-20(25)23-18(17)14-5-7-15(21)8-6-14/h5-8,11-12,16,18H,4,9-10H2,1-3H3,(H2,22,23,25)/t11-,12+,16+,18+/m0/s1. The molecule has 2 amide bonds. The van der Waals surface area contributed by atoms with Crippen molar-refractivity contribution in [3.05, 3.63) is 46.1 Å². The monoisotopic (exact) mass is 376 g/mol. The van der Waals surface area contributed by atoms with Gasteiger partial charge in [0.2, 0.25) is 0 Å². The first kappa shape index (κ1) is 18.8.